The molecule has 0 unspecified atom stereocenters. The fourth-order valence-electron chi connectivity index (χ4n) is 3.28. The van der Waals surface area contributed by atoms with Crippen molar-refractivity contribution in [3.05, 3.63) is 83.9 Å². The average Bonchev–Trinajstić information content (AvgIpc) is 2.90. The van der Waals surface area contributed by atoms with E-state index < -0.39 is 24.5 Å². The molecule has 8 heteroatoms. The highest BCUT2D eigenvalue weighted by atomic mass is 16.6. The predicted octanol–water partition coefficient (Wildman–Crippen LogP) is 3.93. The quantitative estimate of drug-likeness (QED) is 0.394. The minimum absolute atomic E-state index is 0.318. The Morgan fingerprint density at radius 3 is 1.60 bits per heavy atom. The third kappa shape index (κ3) is 7.67. The molecule has 0 saturated carbocycles. The smallest absolute Gasteiger partial charge is 0.344 e. The van der Waals surface area contributed by atoms with E-state index in [4.69, 9.17) is 23.7 Å². The Bertz CT molecular complexity index is 1030. The van der Waals surface area contributed by atoms with Gasteiger partial charge in [-0.25, -0.2) is 4.79 Å². The Morgan fingerprint density at radius 1 is 0.686 bits per heavy atom. The van der Waals surface area contributed by atoms with Gasteiger partial charge in [0.15, 0.2) is 13.2 Å². The maximum absolute atomic E-state index is 12.6. The molecule has 3 rings (SSSR count). The zero-order valence-electron chi connectivity index (χ0n) is 20.0. The number of hydrogen-bond donors (Lipinski definition) is 1. The molecule has 0 saturated heterocycles. The second kappa shape index (κ2) is 12.9. The average molecular weight is 480 g/mol. The number of benzene rings is 3. The van der Waals surface area contributed by atoms with Crippen LogP contribution in [0.5, 0.6) is 23.0 Å². The molecule has 3 aromatic rings. The number of ether oxygens (including phenoxy) is 5. The molecule has 35 heavy (non-hydrogen) atoms. The lowest BCUT2D eigenvalue weighted by Gasteiger charge is -2.20. The van der Waals surface area contributed by atoms with Gasteiger partial charge in [-0.2, -0.15) is 0 Å². The lowest BCUT2D eigenvalue weighted by atomic mass is 9.98. The van der Waals surface area contributed by atoms with E-state index in [0.717, 1.165) is 11.1 Å². The maximum Gasteiger partial charge on any atom is 0.344 e. The van der Waals surface area contributed by atoms with Gasteiger partial charge in [-0.05, 0) is 66.6 Å². The first-order valence-corrected chi connectivity index (χ1v) is 11.1. The number of carbonyl (C=O) groups excluding carboxylic acids is 2. The molecule has 8 nitrogen and oxygen atoms in total. The SMILES string of the molecule is CCOc1ccc(OCC(=O)OCC(=O)NC(c2ccc(OC)cc2)c2ccc(OC)cc2)cc1. The van der Waals surface area contributed by atoms with Crippen LogP contribution in [0.2, 0.25) is 0 Å². The van der Waals surface area contributed by atoms with Crippen molar-refractivity contribution in [3.63, 3.8) is 0 Å². The molecule has 0 aromatic heterocycles. The van der Waals surface area contributed by atoms with Gasteiger partial charge >= 0.3 is 5.97 Å². The lowest BCUT2D eigenvalue weighted by molar-refractivity contribution is -0.150. The van der Waals surface area contributed by atoms with Crippen LogP contribution in [0.4, 0.5) is 0 Å². The zero-order valence-corrected chi connectivity index (χ0v) is 20.0. The summed E-state index contributed by atoms with van der Waals surface area (Å²) in [5.41, 5.74) is 1.68. The number of esters is 1. The van der Waals surface area contributed by atoms with Crippen molar-refractivity contribution in [1.82, 2.24) is 5.32 Å². The Morgan fingerprint density at radius 2 is 1.14 bits per heavy atom. The number of methoxy groups -OCH3 is 2. The van der Waals surface area contributed by atoms with Gasteiger partial charge in [0.2, 0.25) is 0 Å². The van der Waals surface area contributed by atoms with Crippen LogP contribution in [-0.2, 0) is 14.3 Å². The Labute approximate surface area is 204 Å². The predicted molar refractivity (Wildman–Crippen MR) is 130 cm³/mol. The van der Waals surface area contributed by atoms with Gasteiger partial charge in [-0.3, -0.25) is 4.79 Å². The molecule has 0 spiro atoms. The van der Waals surface area contributed by atoms with E-state index in [2.05, 4.69) is 5.32 Å². The number of carbonyl (C=O) groups is 2. The van der Waals surface area contributed by atoms with Crippen molar-refractivity contribution in [2.24, 2.45) is 0 Å². The topological polar surface area (TPSA) is 92.3 Å². The fourth-order valence-corrected chi connectivity index (χ4v) is 3.28. The lowest BCUT2D eigenvalue weighted by Crippen LogP contribution is -2.33. The van der Waals surface area contributed by atoms with E-state index in [1.807, 2.05) is 55.5 Å². The summed E-state index contributed by atoms with van der Waals surface area (Å²) in [6, 6.07) is 21.1. The molecule has 3 aromatic carbocycles. The van der Waals surface area contributed by atoms with Crippen molar-refractivity contribution in [1.29, 1.82) is 0 Å². The van der Waals surface area contributed by atoms with Crippen molar-refractivity contribution < 1.29 is 33.3 Å². The van der Waals surface area contributed by atoms with E-state index in [1.54, 1.807) is 38.5 Å². The molecular weight excluding hydrogens is 450 g/mol. The molecule has 184 valence electrons. The van der Waals surface area contributed by atoms with Gasteiger partial charge in [-0.1, -0.05) is 24.3 Å². The molecule has 1 N–H and O–H groups in total. The third-order valence-electron chi connectivity index (χ3n) is 5.06. The number of nitrogens with one attached hydrogen (secondary N) is 1. The van der Waals surface area contributed by atoms with Gasteiger partial charge in [0.25, 0.3) is 5.91 Å². The minimum atomic E-state index is -0.653. The van der Waals surface area contributed by atoms with Gasteiger partial charge in [0, 0.05) is 0 Å². The van der Waals surface area contributed by atoms with Crippen molar-refractivity contribution in [2.45, 2.75) is 13.0 Å². The van der Waals surface area contributed by atoms with Crippen LogP contribution in [0.3, 0.4) is 0 Å². The van der Waals surface area contributed by atoms with Crippen LogP contribution in [0.25, 0.3) is 0 Å². The Kier molecular flexibility index (Phi) is 9.36. The van der Waals surface area contributed by atoms with E-state index in [9.17, 15) is 9.59 Å². The van der Waals surface area contributed by atoms with Crippen LogP contribution >= 0.6 is 0 Å². The molecule has 0 fully saturated rings. The van der Waals surface area contributed by atoms with Gasteiger partial charge in [-0.15, -0.1) is 0 Å². The maximum atomic E-state index is 12.6. The standard InChI is InChI=1S/C27H29NO7/c1-4-33-23-13-15-24(16-14-23)34-18-26(30)35-17-25(29)28-27(19-5-9-21(31-2)10-6-19)20-7-11-22(32-3)12-8-20/h5-16,27H,4,17-18H2,1-3H3,(H,28,29). The first-order valence-electron chi connectivity index (χ1n) is 11.1. The van der Waals surface area contributed by atoms with Crippen LogP contribution in [-0.4, -0.2) is 45.9 Å². The molecule has 0 radical (unpaired) electrons. The van der Waals surface area contributed by atoms with Gasteiger partial charge in [0.05, 0.1) is 26.9 Å². The highest BCUT2D eigenvalue weighted by Gasteiger charge is 2.18. The summed E-state index contributed by atoms with van der Waals surface area (Å²) in [7, 11) is 3.18. The van der Waals surface area contributed by atoms with Crippen LogP contribution in [0.1, 0.15) is 24.1 Å². The van der Waals surface area contributed by atoms with Gasteiger partial charge < -0.3 is 29.0 Å². The van der Waals surface area contributed by atoms with Crippen LogP contribution < -0.4 is 24.3 Å². The molecule has 0 atom stereocenters. The number of amides is 1. The zero-order chi connectivity index (χ0) is 25.0. The van der Waals surface area contributed by atoms with Crippen LogP contribution in [0.15, 0.2) is 72.8 Å². The van der Waals surface area contributed by atoms with Crippen molar-refractivity contribution in [3.8, 4) is 23.0 Å². The number of hydrogen-bond acceptors (Lipinski definition) is 7. The first-order chi connectivity index (χ1) is 17.0. The summed E-state index contributed by atoms with van der Waals surface area (Å²) in [4.78, 5) is 24.7. The summed E-state index contributed by atoms with van der Waals surface area (Å²) >= 11 is 0. The summed E-state index contributed by atoms with van der Waals surface area (Å²) in [5.74, 6) is 1.51. The van der Waals surface area contributed by atoms with E-state index >= 15 is 0 Å². The molecule has 0 aliphatic heterocycles. The highest BCUT2D eigenvalue weighted by Crippen LogP contribution is 2.26. The van der Waals surface area contributed by atoms with Crippen LogP contribution in [0, 0.1) is 0 Å². The molecule has 0 heterocycles. The van der Waals surface area contributed by atoms with Crippen molar-refractivity contribution in [2.75, 3.05) is 34.0 Å². The largest absolute Gasteiger partial charge is 0.497 e. The Hall–Kier alpha value is -4.20. The highest BCUT2D eigenvalue weighted by molar-refractivity contribution is 5.81. The first kappa shape index (κ1) is 25.4. The summed E-state index contributed by atoms with van der Waals surface area (Å²) in [6.07, 6.45) is 0. The minimum Gasteiger partial charge on any atom is -0.497 e. The summed E-state index contributed by atoms with van der Waals surface area (Å²) in [6.45, 7) is 1.70. The van der Waals surface area contributed by atoms with E-state index in [1.165, 1.54) is 0 Å². The van der Waals surface area contributed by atoms with Crippen molar-refractivity contribution >= 4 is 11.9 Å². The molecule has 0 aliphatic carbocycles. The summed E-state index contributed by atoms with van der Waals surface area (Å²) in [5, 5.41) is 2.92. The molecular formula is C27H29NO7. The summed E-state index contributed by atoms with van der Waals surface area (Å²) < 4.78 is 26.3. The number of rotatable bonds is 12. The van der Waals surface area contributed by atoms with E-state index in [-0.39, 0.29) is 6.61 Å². The normalized spacial score (nSPS) is 10.4. The second-order valence-corrected chi connectivity index (χ2v) is 7.40. The molecule has 0 bridgehead atoms. The third-order valence-corrected chi connectivity index (χ3v) is 5.06. The van der Waals surface area contributed by atoms with Gasteiger partial charge in [0.1, 0.15) is 23.0 Å². The van der Waals surface area contributed by atoms with E-state index in [0.29, 0.717) is 29.6 Å². The fraction of sp³-hybridized carbons (Fsp3) is 0.259. The molecule has 0 aliphatic rings. The Balaban J connectivity index is 1.57. The second-order valence-electron chi connectivity index (χ2n) is 7.40. The molecule has 1 amide bonds. The monoisotopic (exact) mass is 479 g/mol.